The van der Waals surface area contributed by atoms with Gasteiger partial charge in [0.1, 0.15) is 0 Å². The Morgan fingerprint density at radius 2 is 1.42 bits per heavy atom. The normalized spacial score (nSPS) is 10.2. The Morgan fingerprint density at radius 3 is 2.05 bits per heavy atom. The summed E-state index contributed by atoms with van der Waals surface area (Å²) in [6, 6.07) is 16.8. The fraction of sp³-hybridized carbons (Fsp3) is 0.158. The van der Waals surface area contributed by atoms with Gasteiger partial charge in [-0.2, -0.15) is 0 Å². The molecule has 0 atom stereocenters. The second-order valence-corrected chi connectivity index (χ2v) is 4.68. The number of allylic oxidation sites excluding steroid dienone is 1. The molecule has 0 nitrogen and oxygen atoms in total. The van der Waals surface area contributed by atoms with Gasteiger partial charge in [-0.25, -0.2) is 0 Å². The fourth-order valence-electron chi connectivity index (χ4n) is 1.72. The van der Waals surface area contributed by atoms with E-state index in [2.05, 4.69) is 86.4 Å². The zero-order valence-electron chi connectivity index (χ0n) is 11.5. The maximum Gasteiger partial charge on any atom is 0.0276 e. The van der Waals surface area contributed by atoms with Crippen LogP contribution in [0.5, 0.6) is 0 Å². The van der Waals surface area contributed by atoms with E-state index >= 15 is 0 Å². The largest absolute Gasteiger partial charge is 0.0937 e. The first-order chi connectivity index (χ1) is 9.24. The van der Waals surface area contributed by atoms with Crippen molar-refractivity contribution in [3.05, 3.63) is 76.9 Å². The van der Waals surface area contributed by atoms with E-state index in [-0.39, 0.29) is 0 Å². The van der Waals surface area contributed by atoms with Crippen molar-refractivity contribution in [2.45, 2.75) is 20.3 Å². The van der Waals surface area contributed by atoms with Crippen LogP contribution in [0.3, 0.4) is 0 Å². The van der Waals surface area contributed by atoms with Crippen LogP contribution < -0.4 is 0 Å². The van der Waals surface area contributed by atoms with Gasteiger partial charge >= 0.3 is 0 Å². The lowest BCUT2D eigenvalue weighted by Crippen LogP contribution is -1.75. The van der Waals surface area contributed by atoms with Gasteiger partial charge in [-0.3, -0.25) is 0 Å². The number of aryl methyl sites for hydroxylation is 2. The average Bonchev–Trinajstić information content (AvgIpc) is 2.43. The van der Waals surface area contributed by atoms with E-state index in [9.17, 15) is 0 Å². The van der Waals surface area contributed by atoms with Gasteiger partial charge < -0.3 is 0 Å². The second kappa shape index (κ2) is 6.61. The molecule has 19 heavy (non-hydrogen) atoms. The summed E-state index contributed by atoms with van der Waals surface area (Å²) in [6.45, 7) is 4.18. The lowest BCUT2D eigenvalue weighted by molar-refractivity contribution is 1.44. The number of rotatable bonds is 2. The van der Waals surface area contributed by atoms with Crippen molar-refractivity contribution in [3.8, 4) is 11.8 Å². The minimum atomic E-state index is 0.780. The van der Waals surface area contributed by atoms with Crippen molar-refractivity contribution in [2.24, 2.45) is 0 Å². The summed E-state index contributed by atoms with van der Waals surface area (Å²) in [6.07, 6.45) is 5.00. The Morgan fingerprint density at radius 1 is 0.842 bits per heavy atom. The van der Waals surface area contributed by atoms with Gasteiger partial charge in [0.15, 0.2) is 0 Å². The molecule has 0 aliphatic heterocycles. The third-order valence-electron chi connectivity index (χ3n) is 2.89. The van der Waals surface area contributed by atoms with Crippen LogP contribution in [0.15, 0.2) is 54.6 Å². The molecule has 0 saturated carbocycles. The van der Waals surface area contributed by atoms with E-state index in [1.165, 1.54) is 16.7 Å². The molecule has 0 aromatic heterocycles. The Kier molecular flexibility index (Phi) is 4.59. The summed E-state index contributed by atoms with van der Waals surface area (Å²) >= 11 is 0. The summed E-state index contributed by atoms with van der Waals surface area (Å²) in [7, 11) is 0. The monoisotopic (exact) mass is 246 g/mol. The highest BCUT2D eigenvalue weighted by molar-refractivity contribution is 5.50. The van der Waals surface area contributed by atoms with E-state index in [0.29, 0.717) is 0 Å². The molecule has 0 spiro atoms. The molecule has 0 aliphatic rings. The molecule has 0 amide bonds. The van der Waals surface area contributed by atoms with Gasteiger partial charge in [-0.05, 0) is 31.5 Å². The van der Waals surface area contributed by atoms with Crippen molar-refractivity contribution in [1.82, 2.24) is 0 Å². The van der Waals surface area contributed by atoms with Crippen LogP contribution in [-0.2, 0) is 0 Å². The van der Waals surface area contributed by atoms with E-state index in [4.69, 9.17) is 0 Å². The molecule has 0 radical (unpaired) electrons. The lowest BCUT2D eigenvalue weighted by Gasteiger charge is -1.93. The Hall–Kier alpha value is -2.26. The smallest absolute Gasteiger partial charge is 0.0276 e. The third-order valence-corrected chi connectivity index (χ3v) is 2.89. The first kappa shape index (κ1) is 13.2. The summed E-state index contributed by atoms with van der Waals surface area (Å²) in [4.78, 5) is 0. The SMILES string of the molecule is Cc1ccc(C#CC/C=C/c2ccc(C)cc2)cc1. The maximum atomic E-state index is 3.17. The molecule has 0 saturated heterocycles. The molecule has 0 heterocycles. The van der Waals surface area contributed by atoms with Gasteiger partial charge in [0.2, 0.25) is 0 Å². The van der Waals surface area contributed by atoms with E-state index in [1.54, 1.807) is 0 Å². The molecule has 0 fully saturated rings. The standard InChI is InChI=1S/C19H18/c1-16-8-12-18(13-9-16)6-4-3-5-7-19-14-10-17(2)11-15-19/h4,6,8-15H,3H2,1-2H3/b6-4+. The van der Waals surface area contributed by atoms with Crippen LogP contribution in [-0.4, -0.2) is 0 Å². The van der Waals surface area contributed by atoms with Crippen molar-refractivity contribution >= 4 is 6.08 Å². The third kappa shape index (κ3) is 4.48. The molecule has 0 bridgehead atoms. The van der Waals surface area contributed by atoms with E-state index in [0.717, 1.165) is 12.0 Å². The Balaban J connectivity index is 1.90. The highest BCUT2D eigenvalue weighted by Gasteiger charge is 1.86. The van der Waals surface area contributed by atoms with Crippen LogP contribution in [0.1, 0.15) is 28.7 Å². The zero-order chi connectivity index (χ0) is 13.5. The molecule has 0 heteroatoms. The Bertz CT molecular complexity index is 602. The van der Waals surface area contributed by atoms with Gasteiger partial charge in [0.25, 0.3) is 0 Å². The number of benzene rings is 2. The highest BCUT2D eigenvalue weighted by atomic mass is 13.9. The van der Waals surface area contributed by atoms with Crippen molar-refractivity contribution < 1.29 is 0 Å². The lowest BCUT2D eigenvalue weighted by atomic mass is 10.1. The Labute approximate surface area is 115 Å². The number of hydrogen-bond donors (Lipinski definition) is 0. The molecule has 0 unspecified atom stereocenters. The molecule has 2 aromatic carbocycles. The van der Waals surface area contributed by atoms with Crippen LogP contribution in [0.4, 0.5) is 0 Å². The molecular formula is C19H18. The predicted molar refractivity (Wildman–Crippen MR) is 82.9 cm³/mol. The van der Waals surface area contributed by atoms with E-state index in [1.807, 2.05) is 0 Å². The van der Waals surface area contributed by atoms with Gasteiger partial charge in [-0.15, -0.1) is 0 Å². The molecule has 0 N–H and O–H groups in total. The van der Waals surface area contributed by atoms with Crippen LogP contribution in [0.25, 0.3) is 6.08 Å². The fourth-order valence-corrected chi connectivity index (χ4v) is 1.72. The van der Waals surface area contributed by atoms with Crippen LogP contribution in [0.2, 0.25) is 0 Å². The molecular weight excluding hydrogens is 228 g/mol. The van der Waals surface area contributed by atoms with Crippen molar-refractivity contribution in [1.29, 1.82) is 0 Å². The summed E-state index contributed by atoms with van der Waals surface area (Å²) in [5.74, 6) is 6.33. The average molecular weight is 246 g/mol. The van der Waals surface area contributed by atoms with Crippen molar-refractivity contribution in [3.63, 3.8) is 0 Å². The van der Waals surface area contributed by atoms with Crippen LogP contribution >= 0.6 is 0 Å². The summed E-state index contributed by atoms with van der Waals surface area (Å²) < 4.78 is 0. The quantitative estimate of drug-likeness (QED) is 0.670. The summed E-state index contributed by atoms with van der Waals surface area (Å²) in [5.41, 5.74) is 4.86. The van der Waals surface area contributed by atoms with Gasteiger partial charge in [0.05, 0.1) is 0 Å². The molecule has 2 aromatic rings. The topological polar surface area (TPSA) is 0 Å². The minimum Gasteiger partial charge on any atom is -0.0937 e. The van der Waals surface area contributed by atoms with E-state index < -0.39 is 0 Å². The molecule has 94 valence electrons. The van der Waals surface area contributed by atoms with Gasteiger partial charge in [0, 0.05) is 12.0 Å². The van der Waals surface area contributed by atoms with Gasteiger partial charge in [-0.1, -0.05) is 71.5 Å². The highest BCUT2D eigenvalue weighted by Crippen LogP contribution is 2.05. The minimum absolute atomic E-state index is 0.780. The van der Waals surface area contributed by atoms with Crippen molar-refractivity contribution in [2.75, 3.05) is 0 Å². The zero-order valence-corrected chi connectivity index (χ0v) is 11.5. The maximum absolute atomic E-state index is 3.17. The van der Waals surface area contributed by atoms with Crippen LogP contribution in [0, 0.1) is 25.7 Å². The second-order valence-electron chi connectivity index (χ2n) is 4.68. The first-order valence-corrected chi connectivity index (χ1v) is 6.53. The number of hydrogen-bond acceptors (Lipinski definition) is 0. The predicted octanol–water partition coefficient (Wildman–Crippen LogP) is 4.76. The molecule has 2 rings (SSSR count). The summed E-state index contributed by atoms with van der Waals surface area (Å²) in [5, 5.41) is 0. The first-order valence-electron chi connectivity index (χ1n) is 6.53. The molecule has 0 aliphatic carbocycles.